The molecule has 160 valence electrons. The molecule has 2 heterocycles. The lowest BCUT2D eigenvalue weighted by Crippen LogP contribution is -2.48. The Morgan fingerprint density at radius 2 is 1.83 bits per heavy atom. The summed E-state index contributed by atoms with van der Waals surface area (Å²) in [6, 6.07) is 5.86. The molecule has 0 saturated carbocycles. The molecule has 0 amide bonds. The first-order chi connectivity index (χ1) is 13.6. The first kappa shape index (κ1) is 23.1. The molecular formula is C18H16ClF3N4O4. The SMILES string of the molecule is Cl.NC(C=O)(C(=O)O)c1c(O)cc(CCc2ccc(C(F)(F)F)cc2)c2ncnn12. The minimum Gasteiger partial charge on any atom is -0.506 e. The highest BCUT2D eigenvalue weighted by atomic mass is 35.5. The van der Waals surface area contributed by atoms with Gasteiger partial charge in [-0.3, -0.25) is 0 Å². The summed E-state index contributed by atoms with van der Waals surface area (Å²) in [7, 11) is 0. The Morgan fingerprint density at radius 3 is 2.37 bits per heavy atom. The van der Waals surface area contributed by atoms with E-state index in [0.717, 1.165) is 23.0 Å². The summed E-state index contributed by atoms with van der Waals surface area (Å²) in [5, 5.41) is 23.5. The molecule has 8 nitrogen and oxygen atoms in total. The Hall–Kier alpha value is -3.18. The van der Waals surface area contributed by atoms with E-state index in [9.17, 15) is 33.0 Å². The van der Waals surface area contributed by atoms with Gasteiger partial charge in [0.1, 0.15) is 17.8 Å². The van der Waals surface area contributed by atoms with Crippen molar-refractivity contribution >= 4 is 30.3 Å². The maximum Gasteiger partial charge on any atom is 0.416 e. The van der Waals surface area contributed by atoms with E-state index < -0.39 is 34.7 Å². The molecule has 0 aliphatic heterocycles. The molecule has 3 rings (SSSR count). The van der Waals surface area contributed by atoms with Crippen LogP contribution in [0.5, 0.6) is 5.75 Å². The van der Waals surface area contributed by atoms with E-state index in [-0.39, 0.29) is 30.8 Å². The Kier molecular flexibility index (Phi) is 6.38. The number of fused-ring (bicyclic) bond motifs is 1. The summed E-state index contributed by atoms with van der Waals surface area (Å²) in [4.78, 5) is 26.8. The van der Waals surface area contributed by atoms with Crippen LogP contribution in [0.15, 0.2) is 36.7 Å². The molecule has 4 N–H and O–H groups in total. The van der Waals surface area contributed by atoms with Gasteiger partial charge >= 0.3 is 12.1 Å². The molecule has 1 unspecified atom stereocenters. The number of hydrogen-bond donors (Lipinski definition) is 3. The second kappa shape index (κ2) is 8.28. The van der Waals surface area contributed by atoms with Crippen LogP contribution in [0.1, 0.15) is 22.4 Å². The number of aliphatic carboxylic acids is 1. The molecule has 0 fully saturated rings. The number of nitrogens with zero attached hydrogens (tertiary/aromatic N) is 3. The number of carboxylic acids is 1. The van der Waals surface area contributed by atoms with E-state index in [0.29, 0.717) is 17.5 Å². The standard InChI is InChI=1S/C18H15F3N4O4.ClH/c19-18(20,21)12-5-2-10(3-6-12)1-4-11-7-13(27)14(17(22,8-26)16(28)29)25-15(11)23-9-24-25;/h2-3,5-9,27H,1,4,22H2,(H,28,29);1H. The monoisotopic (exact) mass is 444 g/mol. The highest BCUT2D eigenvalue weighted by Gasteiger charge is 2.41. The number of nitrogens with two attached hydrogens (primary N) is 1. The number of carbonyl (C=O) groups excluding carboxylic acids is 1. The third-order valence-electron chi connectivity index (χ3n) is 4.50. The maximum absolute atomic E-state index is 12.7. The predicted molar refractivity (Wildman–Crippen MR) is 100 cm³/mol. The predicted octanol–water partition coefficient (Wildman–Crippen LogP) is 2.10. The number of aldehydes is 1. The third-order valence-corrected chi connectivity index (χ3v) is 4.50. The normalized spacial score (nSPS) is 13.5. The van der Waals surface area contributed by atoms with Gasteiger partial charge in [-0.05, 0) is 36.6 Å². The van der Waals surface area contributed by atoms with Gasteiger partial charge in [-0.2, -0.15) is 18.3 Å². The molecule has 0 saturated heterocycles. The molecule has 12 heteroatoms. The first-order valence-corrected chi connectivity index (χ1v) is 8.27. The van der Waals surface area contributed by atoms with Crippen LogP contribution in [-0.4, -0.2) is 37.1 Å². The van der Waals surface area contributed by atoms with Crippen molar-refractivity contribution < 1.29 is 33.0 Å². The number of pyridine rings is 1. The van der Waals surface area contributed by atoms with Crippen molar-refractivity contribution in [2.45, 2.75) is 24.6 Å². The van der Waals surface area contributed by atoms with Crippen molar-refractivity contribution in [3.63, 3.8) is 0 Å². The van der Waals surface area contributed by atoms with Crippen molar-refractivity contribution in [2.75, 3.05) is 0 Å². The minimum atomic E-state index is -4.43. The van der Waals surface area contributed by atoms with Crippen LogP contribution in [-0.2, 0) is 34.1 Å². The van der Waals surface area contributed by atoms with Gasteiger partial charge in [0.05, 0.1) is 5.56 Å². The summed E-state index contributed by atoms with van der Waals surface area (Å²) in [6.45, 7) is 0. The second-order valence-electron chi connectivity index (χ2n) is 6.39. The first-order valence-electron chi connectivity index (χ1n) is 8.27. The molecule has 0 aliphatic carbocycles. The maximum atomic E-state index is 12.7. The number of carbonyl (C=O) groups is 2. The lowest BCUT2D eigenvalue weighted by Gasteiger charge is -2.21. The summed E-state index contributed by atoms with van der Waals surface area (Å²) in [5.74, 6) is -2.25. The Bertz CT molecular complexity index is 1090. The average Bonchev–Trinajstić information content (AvgIpc) is 3.14. The van der Waals surface area contributed by atoms with Gasteiger partial charge in [-0.25, -0.2) is 14.3 Å². The molecule has 3 aromatic rings. The fourth-order valence-electron chi connectivity index (χ4n) is 2.95. The van der Waals surface area contributed by atoms with Crippen molar-refractivity contribution in [3.05, 3.63) is 59.0 Å². The van der Waals surface area contributed by atoms with Crippen LogP contribution in [0.2, 0.25) is 0 Å². The van der Waals surface area contributed by atoms with Gasteiger partial charge in [-0.1, -0.05) is 12.1 Å². The zero-order chi connectivity index (χ0) is 21.4. The van der Waals surface area contributed by atoms with Gasteiger partial charge < -0.3 is 20.7 Å². The molecule has 0 radical (unpaired) electrons. The largest absolute Gasteiger partial charge is 0.506 e. The van der Waals surface area contributed by atoms with Crippen LogP contribution in [0, 0.1) is 0 Å². The molecule has 1 aromatic carbocycles. The van der Waals surface area contributed by atoms with Gasteiger partial charge in [0.15, 0.2) is 11.9 Å². The van der Waals surface area contributed by atoms with E-state index in [4.69, 9.17) is 5.73 Å². The summed E-state index contributed by atoms with van der Waals surface area (Å²) >= 11 is 0. The van der Waals surface area contributed by atoms with E-state index in [1.165, 1.54) is 18.2 Å². The summed E-state index contributed by atoms with van der Waals surface area (Å²) in [6.07, 6.45) is -2.77. The molecule has 0 aliphatic rings. The number of halogens is 4. The number of aromatic hydroxyl groups is 1. The van der Waals surface area contributed by atoms with Crippen LogP contribution >= 0.6 is 12.4 Å². The fraction of sp³-hybridized carbons (Fsp3) is 0.222. The quantitative estimate of drug-likeness (QED) is 0.392. The van der Waals surface area contributed by atoms with Gasteiger partial charge in [-0.15, -0.1) is 12.4 Å². The van der Waals surface area contributed by atoms with Crippen molar-refractivity contribution in [1.82, 2.24) is 14.6 Å². The van der Waals surface area contributed by atoms with Crippen molar-refractivity contribution in [2.24, 2.45) is 5.73 Å². The Morgan fingerprint density at radius 1 is 1.20 bits per heavy atom. The van der Waals surface area contributed by atoms with Crippen molar-refractivity contribution in [1.29, 1.82) is 0 Å². The molecule has 1 atom stereocenters. The van der Waals surface area contributed by atoms with E-state index in [1.807, 2.05) is 0 Å². The lowest BCUT2D eigenvalue weighted by atomic mass is 9.95. The lowest BCUT2D eigenvalue weighted by molar-refractivity contribution is -0.146. The summed E-state index contributed by atoms with van der Waals surface area (Å²) < 4.78 is 38.9. The third kappa shape index (κ3) is 4.07. The zero-order valence-corrected chi connectivity index (χ0v) is 15.9. The van der Waals surface area contributed by atoms with Crippen molar-refractivity contribution in [3.8, 4) is 5.75 Å². The van der Waals surface area contributed by atoms with E-state index in [2.05, 4.69) is 10.1 Å². The average molecular weight is 445 g/mol. The van der Waals surface area contributed by atoms with E-state index >= 15 is 0 Å². The number of carboxylic acid groups (broad SMARTS) is 1. The van der Waals surface area contributed by atoms with Gasteiger partial charge in [0.2, 0.25) is 5.54 Å². The topological polar surface area (TPSA) is 131 Å². The number of aromatic nitrogens is 3. The number of hydrogen-bond acceptors (Lipinski definition) is 6. The molecule has 30 heavy (non-hydrogen) atoms. The van der Waals surface area contributed by atoms with Crippen LogP contribution in [0.4, 0.5) is 13.2 Å². The zero-order valence-electron chi connectivity index (χ0n) is 15.1. The number of rotatable bonds is 6. The smallest absolute Gasteiger partial charge is 0.416 e. The molecule has 0 bridgehead atoms. The molecule has 0 spiro atoms. The number of aryl methyl sites for hydroxylation is 2. The second-order valence-corrected chi connectivity index (χ2v) is 6.39. The summed E-state index contributed by atoms with van der Waals surface area (Å²) in [5.41, 5.74) is 3.12. The van der Waals surface area contributed by atoms with Crippen LogP contribution in [0.3, 0.4) is 0 Å². The molecule has 2 aromatic heterocycles. The van der Waals surface area contributed by atoms with Gasteiger partial charge in [0.25, 0.3) is 0 Å². The Balaban J connectivity index is 0.00000320. The minimum absolute atomic E-state index is 0. The van der Waals surface area contributed by atoms with Crippen LogP contribution in [0.25, 0.3) is 5.65 Å². The van der Waals surface area contributed by atoms with Crippen LogP contribution < -0.4 is 5.73 Å². The molecular weight excluding hydrogens is 429 g/mol. The fourth-order valence-corrected chi connectivity index (χ4v) is 2.95. The Labute approximate surface area is 173 Å². The van der Waals surface area contributed by atoms with E-state index in [1.54, 1.807) is 0 Å². The van der Waals surface area contributed by atoms with Gasteiger partial charge in [0, 0.05) is 5.56 Å². The number of benzene rings is 1. The number of alkyl halides is 3. The highest BCUT2D eigenvalue weighted by Crippen LogP contribution is 2.31. The highest BCUT2D eigenvalue weighted by molar-refractivity contribution is 5.98.